The Morgan fingerprint density at radius 3 is 2.41 bits per heavy atom. The molecule has 2 aromatic rings. The lowest BCUT2D eigenvalue weighted by molar-refractivity contribution is 0.147. The molecule has 1 heterocycles. The second-order valence-corrected chi connectivity index (χ2v) is 4.68. The number of amides is 1. The molecule has 2 rings (SSSR count). The zero-order valence-electron chi connectivity index (χ0n) is 11.2. The average Bonchev–Trinajstić information content (AvgIpc) is 2.50. The third-order valence-corrected chi connectivity index (χ3v) is 2.82. The van der Waals surface area contributed by atoms with Crippen LogP contribution in [0.2, 0.25) is 10.6 Å². The first-order chi connectivity index (χ1) is 10.6. The Bertz CT molecular complexity index is 683. The van der Waals surface area contributed by atoms with Crippen LogP contribution in [0.5, 0.6) is 0 Å². The topological polar surface area (TPSA) is 68.2 Å². The summed E-state index contributed by atoms with van der Waals surface area (Å²) in [6.45, 7) is -0.00239. The molecule has 0 fully saturated rings. The van der Waals surface area contributed by atoms with E-state index in [-0.39, 0.29) is 29.7 Å². The first-order valence-corrected chi connectivity index (χ1v) is 6.84. The van der Waals surface area contributed by atoms with Crippen molar-refractivity contribution in [2.24, 2.45) is 0 Å². The molecule has 0 aliphatic heterocycles. The van der Waals surface area contributed by atoms with Gasteiger partial charge in [0.25, 0.3) is 0 Å². The quantitative estimate of drug-likeness (QED) is 0.803. The van der Waals surface area contributed by atoms with Crippen LogP contribution in [0.3, 0.4) is 0 Å². The van der Waals surface area contributed by atoms with Crippen molar-refractivity contribution >= 4 is 35.2 Å². The fourth-order valence-electron chi connectivity index (χ4n) is 1.54. The molecule has 0 aliphatic carbocycles. The minimum Gasteiger partial charge on any atom is -0.444 e. The highest BCUT2D eigenvalue weighted by Crippen LogP contribution is 2.15. The van der Waals surface area contributed by atoms with Crippen molar-refractivity contribution in [2.75, 3.05) is 11.4 Å². The zero-order valence-corrected chi connectivity index (χ0v) is 12.8. The first kappa shape index (κ1) is 16.0. The highest BCUT2D eigenvalue weighted by molar-refractivity contribution is 6.31. The van der Waals surface area contributed by atoms with E-state index < -0.39 is 6.09 Å². The summed E-state index contributed by atoms with van der Waals surface area (Å²) in [7, 11) is 0. The number of ether oxygens (including phenoxy) is 1. The van der Waals surface area contributed by atoms with Crippen LogP contribution in [0.1, 0.15) is 5.56 Å². The lowest BCUT2D eigenvalue weighted by atomic mass is 10.2. The van der Waals surface area contributed by atoms with Crippen molar-refractivity contribution in [3.8, 4) is 12.3 Å². The Balaban J connectivity index is 2.13. The van der Waals surface area contributed by atoms with Gasteiger partial charge in [-0.3, -0.25) is 0 Å². The molecule has 0 saturated carbocycles. The minimum atomic E-state index is -0.708. The van der Waals surface area contributed by atoms with Crippen molar-refractivity contribution in [3.63, 3.8) is 0 Å². The third kappa shape index (κ3) is 4.32. The molecule has 112 valence electrons. The van der Waals surface area contributed by atoms with Gasteiger partial charge in [-0.25, -0.2) is 9.69 Å². The van der Waals surface area contributed by atoms with Crippen LogP contribution in [0.4, 0.5) is 10.7 Å². The molecule has 0 bridgehead atoms. The highest BCUT2D eigenvalue weighted by Gasteiger charge is 2.20. The number of hydrogen-bond donors (Lipinski definition) is 0. The van der Waals surface area contributed by atoms with Crippen LogP contribution < -0.4 is 4.90 Å². The van der Waals surface area contributed by atoms with Gasteiger partial charge in [0.1, 0.15) is 6.61 Å². The number of aromatic nitrogens is 3. The summed E-state index contributed by atoms with van der Waals surface area (Å²) in [5, 5.41) is -0.291. The average molecular weight is 337 g/mol. The van der Waals surface area contributed by atoms with Gasteiger partial charge in [0.15, 0.2) is 0 Å². The Morgan fingerprint density at radius 2 is 1.82 bits per heavy atom. The maximum absolute atomic E-state index is 12.2. The molecule has 0 N–H and O–H groups in total. The Kier molecular flexibility index (Phi) is 5.53. The van der Waals surface area contributed by atoms with Crippen LogP contribution >= 0.6 is 23.2 Å². The van der Waals surface area contributed by atoms with E-state index >= 15 is 0 Å². The van der Waals surface area contributed by atoms with Crippen molar-refractivity contribution < 1.29 is 9.53 Å². The number of halogens is 2. The lowest BCUT2D eigenvalue weighted by Crippen LogP contribution is -2.33. The number of nitrogens with zero attached hydrogens (tertiary/aromatic N) is 4. The lowest BCUT2D eigenvalue weighted by Gasteiger charge is -2.17. The van der Waals surface area contributed by atoms with Gasteiger partial charge in [-0.15, -0.1) is 6.42 Å². The second-order valence-electron chi connectivity index (χ2n) is 4.00. The fraction of sp³-hybridized carbons (Fsp3) is 0.143. The van der Waals surface area contributed by atoms with Crippen molar-refractivity contribution in [3.05, 3.63) is 46.5 Å². The number of carbonyl (C=O) groups excluding carboxylic acids is 1. The van der Waals surface area contributed by atoms with Gasteiger partial charge in [-0.05, 0) is 28.8 Å². The van der Waals surface area contributed by atoms with Gasteiger partial charge in [-0.2, -0.15) is 15.0 Å². The van der Waals surface area contributed by atoms with E-state index in [1.165, 1.54) is 0 Å². The largest absolute Gasteiger partial charge is 0.444 e. The minimum absolute atomic E-state index is 0.0685. The molecule has 8 heteroatoms. The number of carbonyl (C=O) groups is 1. The van der Waals surface area contributed by atoms with Crippen LogP contribution in [-0.2, 0) is 11.3 Å². The Hall–Kier alpha value is -2.36. The van der Waals surface area contributed by atoms with E-state index in [4.69, 9.17) is 34.4 Å². The monoisotopic (exact) mass is 336 g/mol. The SMILES string of the molecule is C#CCN(C(=O)OCc1ccccc1)c1nc(Cl)nc(Cl)n1. The molecule has 22 heavy (non-hydrogen) atoms. The Labute approximate surface area is 137 Å². The molecule has 6 nitrogen and oxygen atoms in total. The summed E-state index contributed by atoms with van der Waals surface area (Å²) < 4.78 is 5.18. The maximum atomic E-state index is 12.2. The summed E-state index contributed by atoms with van der Waals surface area (Å²) in [5.74, 6) is 2.25. The molecule has 0 spiro atoms. The standard InChI is InChI=1S/C14H10Cl2N4O2/c1-2-8-20(13-18-11(15)17-12(16)19-13)14(21)22-9-10-6-4-3-5-7-10/h1,3-7H,8-9H2. The molecule has 1 amide bonds. The zero-order chi connectivity index (χ0) is 15.9. The predicted molar refractivity (Wildman–Crippen MR) is 82.7 cm³/mol. The molecule has 0 unspecified atom stereocenters. The normalized spacial score (nSPS) is 9.86. The van der Waals surface area contributed by atoms with Crippen LogP contribution in [-0.4, -0.2) is 27.6 Å². The smallest absolute Gasteiger partial charge is 0.417 e. The molecule has 0 aliphatic rings. The maximum Gasteiger partial charge on any atom is 0.417 e. The molecule has 0 saturated heterocycles. The van der Waals surface area contributed by atoms with E-state index in [2.05, 4.69) is 20.9 Å². The number of benzene rings is 1. The van der Waals surface area contributed by atoms with Gasteiger partial charge in [0.05, 0.1) is 6.54 Å². The molecular weight excluding hydrogens is 327 g/mol. The summed E-state index contributed by atoms with van der Waals surface area (Å²) >= 11 is 11.4. The summed E-state index contributed by atoms with van der Waals surface area (Å²) in [5.41, 5.74) is 0.836. The fourth-order valence-corrected chi connectivity index (χ4v) is 1.90. The third-order valence-electron chi connectivity index (χ3n) is 2.49. The van der Waals surface area contributed by atoms with E-state index in [0.29, 0.717) is 0 Å². The summed E-state index contributed by atoms with van der Waals surface area (Å²) in [4.78, 5) is 24.4. The number of anilines is 1. The molecule has 0 radical (unpaired) electrons. The molecule has 0 atom stereocenters. The highest BCUT2D eigenvalue weighted by atomic mass is 35.5. The first-order valence-electron chi connectivity index (χ1n) is 6.09. The van der Waals surface area contributed by atoms with Gasteiger partial charge in [0.2, 0.25) is 16.5 Å². The van der Waals surface area contributed by atoms with Crippen molar-refractivity contribution in [2.45, 2.75) is 6.61 Å². The van der Waals surface area contributed by atoms with Crippen LogP contribution in [0.15, 0.2) is 30.3 Å². The van der Waals surface area contributed by atoms with E-state index in [9.17, 15) is 4.79 Å². The summed E-state index contributed by atoms with van der Waals surface area (Å²) in [6.07, 6.45) is 4.54. The number of rotatable bonds is 4. The van der Waals surface area contributed by atoms with Crippen molar-refractivity contribution in [1.29, 1.82) is 0 Å². The Morgan fingerprint density at radius 1 is 1.18 bits per heavy atom. The summed E-state index contributed by atoms with van der Waals surface area (Å²) in [6, 6.07) is 9.21. The van der Waals surface area contributed by atoms with Crippen LogP contribution in [0.25, 0.3) is 0 Å². The predicted octanol–water partition coefficient (Wildman–Crippen LogP) is 2.95. The van der Waals surface area contributed by atoms with Gasteiger partial charge in [-0.1, -0.05) is 36.3 Å². The molecular formula is C14H10Cl2N4O2. The van der Waals surface area contributed by atoms with Gasteiger partial charge in [0, 0.05) is 0 Å². The molecule has 1 aromatic carbocycles. The van der Waals surface area contributed by atoms with Gasteiger partial charge < -0.3 is 4.74 Å². The van der Waals surface area contributed by atoms with Crippen molar-refractivity contribution in [1.82, 2.24) is 15.0 Å². The van der Waals surface area contributed by atoms with E-state index in [0.717, 1.165) is 10.5 Å². The second kappa shape index (κ2) is 7.59. The number of terminal acetylenes is 1. The number of hydrogen-bond acceptors (Lipinski definition) is 5. The van der Waals surface area contributed by atoms with Crippen LogP contribution in [0, 0.1) is 12.3 Å². The van der Waals surface area contributed by atoms with E-state index in [1.54, 1.807) is 0 Å². The van der Waals surface area contributed by atoms with E-state index in [1.807, 2.05) is 30.3 Å². The van der Waals surface area contributed by atoms with Gasteiger partial charge >= 0.3 is 6.09 Å². The molecule has 1 aromatic heterocycles.